The predicted molar refractivity (Wildman–Crippen MR) is 104 cm³/mol. The largest absolute Gasteiger partial charge is 0.341 e. The molecule has 0 aromatic heterocycles. The van der Waals surface area contributed by atoms with E-state index >= 15 is 0 Å². The number of hydrogen-bond donors (Lipinski definition) is 0. The number of sulfonamides is 1. The summed E-state index contributed by atoms with van der Waals surface area (Å²) in [6.07, 6.45) is 2.07. The molecule has 2 aromatic rings. The smallest absolute Gasteiger partial charge is 0.243 e. The van der Waals surface area contributed by atoms with Crippen LogP contribution in [0.3, 0.4) is 0 Å². The first-order valence-electron chi connectivity index (χ1n) is 9.36. The average Bonchev–Trinajstić information content (AvgIpc) is 3.13. The zero-order valence-corrected chi connectivity index (χ0v) is 16.1. The highest BCUT2D eigenvalue weighted by atomic mass is 32.2. The number of carbonyl (C=O) groups excluding carboxylic acids is 1. The van der Waals surface area contributed by atoms with Crippen LogP contribution < -0.4 is 0 Å². The van der Waals surface area contributed by atoms with E-state index in [-0.39, 0.29) is 11.3 Å². The van der Waals surface area contributed by atoms with E-state index in [1.807, 2.05) is 41.3 Å². The van der Waals surface area contributed by atoms with Gasteiger partial charge in [0.1, 0.15) is 0 Å². The van der Waals surface area contributed by atoms with Crippen LogP contribution in [-0.4, -0.2) is 49.7 Å². The van der Waals surface area contributed by atoms with Gasteiger partial charge in [0.15, 0.2) is 0 Å². The van der Waals surface area contributed by atoms with Crippen molar-refractivity contribution in [2.24, 2.45) is 5.41 Å². The fourth-order valence-electron chi connectivity index (χ4n) is 4.09. The second kappa shape index (κ2) is 7.09. The second-order valence-corrected chi connectivity index (χ2v) is 9.57. The monoisotopic (exact) mass is 384 g/mol. The first kappa shape index (κ1) is 18.2. The van der Waals surface area contributed by atoms with Crippen LogP contribution in [0.15, 0.2) is 65.6 Å². The highest BCUT2D eigenvalue weighted by Crippen LogP contribution is 2.41. The van der Waals surface area contributed by atoms with Gasteiger partial charge in [-0.1, -0.05) is 48.5 Å². The molecule has 27 heavy (non-hydrogen) atoms. The number of aryl methyl sites for hydroxylation is 1. The van der Waals surface area contributed by atoms with Crippen LogP contribution in [0, 0.1) is 5.41 Å². The van der Waals surface area contributed by atoms with Gasteiger partial charge in [-0.05, 0) is 30.5 Å². The molecule has 2 aromatic carbocycles. The summed E-state index contributed by atoms with van der Waals surface area (Å²) in [5.74, 6) is 0.161. The third-order valence-electron chi connectivity index (χ3n) is 5.66. The normalized spacial score (nSPS) is 19.2. The van der Waals surface area contributed by atoms with Crippen molar-refractivity contribution in [1.82, 2.24) is 9.21 Å². The minimum absolute atomic E-state index is 0.0652. The molecule has 0 atom stereocenters. The fourth-order valence-corrected chi connectivity index (χ4v) is 5.67. The Morgan fingerprint density at radius 1 is 0.926 bits per heavy atom. The fraction of sp³-hybridized carbons (Fsp3) is 0.381. The summed E-state index contributed by atoms with van der Waals surface area (Å²) in [4.78, 5) is 14.7. The molecule has 2 fully saturated rings. The number of hydrogen-bond acceptors (Lipinski definition) is 3. The lowest BCUT2D eigenvalue weighted by molar-refractivity contribution is -0.142. The highest BCUT2D eigenvalue weighted by Gasteiger charge is 2.51. The molecular weight excluding hydrogens is 360 g/mol. The van der Waals surface area contributed by atoms with Crippen LogP contribution >= 0.6 is 0 Å². The Kier molecular flexibility index (Phi) is 4.78. The van der Waals surface area contributed by atoms with E-state index in [0.717, 1.165) is 12.8 Å². The maximum atomic E-state index is 12.8. The van der Waals surface area contributed by atoms with E-state index < -0.39 is 10.0 Å². The van der Waals surface area contributed by atoms with Gasteiger partial charge in [-0.2, -0.15) is 4.31 Å². The lowest BCUT2D eigenvalue weighted by atomic mass is 9.79. The van der Waals surface area contributed by atoms with Crippen molar-refractivity contribution in [3.63, 3.8) is 0 Å². The van der Waals surface area contributed by atoms with Gasteiger partial charge >= 0.3 is 0 Å². The molecule has 1 spiro atoms. The zero-order valence-electron chi connectivity index (χ0n) is 15.3. The maximum Gasteiger partial charge on any atom is 0.243 e. The number of nitrogens with zero attached hydrogens (tertiary/aromatic N) is 2. The van der Waals surface area contributed by atoms with Crippen molar-refractivity contribution in [2.45, 2.75) is 24.2 Å². The van der Waals surface area contributed by atoms with Gasteiger partial charge < -0.3 is 4.90 Å². The number of likely N-dealkylation sites (tertiary alicyclic amines) is 1. The molecule has 2 saturated heterocycles. The third-order valence-corrected chi connectivity index (χ3v) is 7.52. The predicted octanol–water partition coefficient (Wildman–Crippen LogP) is 2.54. The van der Waals surface area contributed by atoms with Crippen LogP contribution in [0.4, 0.5) is 0 Å². The number of rotatable bonds is 5. The summed E-state index contributed by atoms with van der Waals surface area (Å²) in [6, 6.07) is 18.6. The number of carbonyl (C=O) groups is 1. The first-order chi connectivity index (χ1) is 13.0. The van der Waals surface area contributed by atoms with Gasteiger partial charge in [-0.15, -0.1) is 0 Å². The molecule has 0 aliphatic carbocycles. The van der Waals surface area contributed by atoms with Crippen molar-refractivity contribution in [2.75, 3.05) is 26.2 Å². The summed E-state index contributed by atoms with van der Waals surface area (Å²) in [7, 11) is -3.44. The van der Waals surface area contributed by atoms with Crippen LogP contribution in [0.2, 0.25) is 0 Å². The molecule has 0 unspecified atom stereocenters. The second-order valence-electron chi connectivity index (χ2n) is 7.64. The molecule has 5 nitrogen and oxygen atoms in total. The molecule has 2 aliphatic heterocycles. The van der Waals surface area contributed by atoms with Gasteiger partial charge in [0.25, 0.3) is 0 Å². The molecule has 0 saturated carbocycles. The summed E-state index contributed by atoms with van der Waals surface area (Å²) in [5.41, 5.74) is 1.10. The summed E-state index contributed by atoms with van der Waals surface area (Å²) >= 11 is 0. The minimum Gasteiger partial charge on any atom is -0.341 e. The van der Waals surface area contributed by atoms with E-state index in [2.05, 4.69) is 0 Å². The summed E-state index contributed by atoms with van der Waals surface area (Å²) in [5, 5.41) is 0. The molecule has 0 bridgehead atoms. The first-order valence-corrected chi connectivity index (χ1v) is 10.8. The molecule has 1 amide bonds. The van der Waals surface area contributed by atoms with Crippen molar-refractivity contribution in [3.8, 4) is 0 Å². The van der Waals surface area contributed by atoms with Gasteiger partial charge in [0.05, 0.1) is 4.90 Å². The highest BCUT2D eigenvalue weighted by molar-refractivity contribution is 7.89. The van der Waals surface area contributed by atoms with Gasteiger partial charge in [-0.25, -0.2) is 8.42 Å². The van der Waals surface area contributed by atoms with E-state index in [4.69, 9.17) is 0 Å². The van der Waals surface area contributed by atoms with Crippen molar-refractivity contribution in [3.05, 3.63) is 66.2 Å². The molecule has 2 aliphatic rings. The Hall–Kier alpha value is -2.18. The molecule has 142 valence electrons. The standard InChI is InChI=1S/C21H24N2O3S/c24-20(12-11-18-7-3-1-4-8-18)22-15-21(16-22)13-14-23(17-21)27(25,26)19-9-5-2-6-10-19/h1-10H,11-17H2. The van der Waals surface area contributed by atoms with Crippen LogP contribution in [0.25, 0.3) is 0 Å². The minimum atomic E-state index is -3.44. The van der Waals surface area contributed by atoms with E-state index in [0.29, 0.717) is 37.5 Å². The number of amides is 1. The van der Waals surface area contributed by atoms with E-state index in [1.54, 1.807) is 28.6 Å². The molecule has 0 radical (unpaired) electrons. The molecular formula is C21H24N2O3S. The average molecular weight is 385 g/mol. The summed E-state index contributed by atoms with van der Waals surface area (Å²) in [6.45, 7) is 2.37. The summed E-state index contributed by atoms with van der Waals surface area (Å²) < 4.78 is 27.1. The van der Waals surface area contributed by atoms with Crippen LogP contribution in [-0.2, 0) is 21.2 Å². The zero-order chi connectivity index (χ0) is 18.9. The topological polar surface area (TPSA) is 57.7 Å². The molecule has 4 rings (SSSR count). The van der Waals surface area contributed by atoms with Gasteiger partial charge in [0.2, 0.25) is 15.9 Å². The van der Waals surface area contributed by atoms with E-state index in [1.165, 1.54) is 5.56 Å². The Balaban J connectivity index is 1.32. The van der Waals surface area contributed by atoms with Crippen molar-refractivity contribution in [1.29, 1.82) is 0 Å². The number of benzene rings is 2. The molecule has 2 heterocycles. The SMILES string of the molecule is O=C(CCc1ccccc1)N1CC2(CCN(S(=O)(=O)c3ccccc3)C2)C1. The van der Waals surface area contributed by atoms with Crippen molar-refractivity contribution < 1.29 is 13.2 Å². The van der Waals surface area contributed by atoms with Crippen LogP contribution in [0.5, 0.6) is 0 Å². The Bertz CT molecular complexity index is 907. The Labute approximate surface area is 160 Å². The Morgan fingerprint density at radius 3 is 2.22 bits per heavy atom. The third kappa shape index (κ3) is 3.64. The lowest BCUT2D eigenvalue weighted by Crippen LogP contribution is -2.59. The van der Waals surface area contributed by atoms with Crippen LogP contribution in [0.1, 0.15) is 18.4 Å². The molecule has 0 N–H and O–H groups in total. The Morgan fingerprint density at radius 2 is 1.56 bits per heavy atom. The maximum absolute atomic E-state index is 12.8. The van der Waals surface area contributed by atoms with Crippen molar-refractivity contribution >= 4 is 15.9 Å². The lowest BCUT2D eigenvalue weighted by Gasteiger charge is -2.48. The van der Waals surface area contributed by atoms with Gasteiger partial charge in [-0.3, -0.25) is 4.79 Å². The van der Waals surface area contributed by atoms with Gasteiger partial charge in [0, 0.05) is 38.0 Å². The van der Waals surface area contributed by atoms with E-state index in [9.17, 15) is 13.2 Å². The quantitative estimate of drug-likeness (QED) is 0.796. The molecule has 6 heteroatoms.